The Labute approximate surface area is 157 Å². The molecule has 1 aromatic heterocycles. The van der Waals surface area contributed by atoms with E-state index in [1.54, 1.807) is 0 Å². The first-order chi connectivity index (χ1) is 12.6. The van der Waals surface area contributed by atoms with Crippen molar-refractivity contribution < 1.29 is 9.47 Å². The van der Waals surface area contributed by atoms with Gasteiger partial charge in [0.1, 0.15) is 11.6 Å². The first-order valence-electron chi connectivity index (χ1n) is 8.38. The number of nitrogens with one attached hydrogen (secondary N) is 2. The van der Waals surface area contributed by atoms with Crippen LogP contribution in [0.5, 0.6) is 17.2 Å². The van der Waals surface area contributed by atoms with Gasteiger partial charge in [0.2, 0.25) is 5.95 Å². The van der Waals surface area contributed by atoms with Gasteiger partial charge in [-0.15, -0.1) is 0 Å². The number of H-pyrrole nitrogens is 1. The summed E-state index contributed by atoms with van der Waals surface area (Å²) in [5.74, 6) is 3.27. The van der Waals surface area contributed by atoms with Gasteiger partial charge in [-0.3, -0.25) is 0 Å². The molecule has 0 spiro atoms. The van der Waals surface area contributed by atoms with Gasteiger partial charge in [0, 0.05) is 17.1 Å². The SMILES string of the molecule is CCOc1cc(C)ccc1Oc1cccc(Cl)c1CNc1nc(C)n[nH]1. The van der Waals surface area contributed by atoms with E-state index in [1.165, 1.54) is 0 Å². The summed E-state index contributed by atoms with van der Waals surface area (Å²) >= 11 is 6.40. The van der Waals surface area contributed by atoms with Crippen molar-refractivity contribution in [2.75, 3.05) is 11.9 Å². The number of nitrogens with zero attached hydrogens (tertiary/aromatic N) is 2. The van der Waals surface area contributed by atoms with Crippen molar-refractivity contribution in [1.82, 2.24) is 15.2 Å². The Kier molecular flexibility index (Phi) is 5.63. The average Bonchev–Trinajstić information content (AvgIpc) is 3.02. The molecule has 0 bridgehead atoms. The molecule has 136 valence electrons. The number of anilines is 1. The van der Waals surface area contributed by atoms with Crippen LogP contribution in [-0.4, -0.2) is 21.8 Å². The van der Waals surface area contributed by atoms with E-state index in [2.05, 4.69) is 20.5 Å². The summed E-state index contributed by atoms with van der Waals surface area (Å²) in [5.41, 5.74) is 1.93. The van der Waals surface area contributed by atoms with Crippen LogP contribution in [0, 0.1) is 13.8 Å². The molecule has 6 nitrogen and oxygen atoms in total. The van der Waals surface area contributed by atoms with Gasteiger partial charge in [-0.2, -0.15) is 10.1 Å². The number of benzene rings is 2. The van der Waals surface area contributed by atoms with Gasteiger partial charge in [-0.25, -0.2) is 5.10 Å². The molecule has 2 N–H and O–H groups in total. The molecule has 3 aromatic rings. The molecule has 0 saturated heterocycles. The van der Waals surface area contributed by atoms with E-state index >= 15 is 0 Å². The molecule has 0 amide bonds. The van der Waals surface area contributed by atoms with Gasteiger partial charge in [0.25, 0.3) is 0 Å². The molecule has 26 heavy (non-hydrogen) atoms. The Bertz CT molecular complexity index is 895. The third-order valence-corrected chi connectivity index (χ3v) is 4.08. The van der Waals surface area contributed by atoms with Crippen molar-refractivity contribution in [3.8, 4) is 17.2 Å². The van der Waals surface area contributed by atoms with Gasteiger partial charge in [0.05, 0.1) is 6.61 Å². The zero-order valence-corrected chi connectivity index (χ0v) is 15.7. The maximum Gasteiger partial charge on any atom is 0.218 e. The van der Waals surface area contributed by atoms with E-state index in [0.29, 0.717) is 47.2 Å². The summed E-state index contributed by atoms with van der Waals surface area (Å²) < 4.78 is 11.8. The van der Waals surface area contributed by atoms with E-state index in [9.17, 15) is 0 Å². The van der Waals surface area contributed by atoms with E-state index in [-0.39, 0.29) is 0 Å². The van der Waals surface area contributed by atoms with Crippen LogP contribution in [0.3, 0.4) is 0 Å². The lowest BCUT2D eigenvalue weighted by atomic mass is 10.2. The molecule has 0 aliphatic heterocycles. The summed E-state index contributed by atoms with van der Waals surface area (Å²) in [7, 11) is 0. The molecule has 0 atom stereocenters. The van der Waals surface area contributed by atoms with Gasteiger partial charge >= 0.3 is 0 Å². The Hall–Kier alpha value is -2.73. The molecular weight excluding hydrogens is 352 g/mol. The van der Waals surface area contributed by atoms with E-state index in [0.717, 1.165) is 11.1 Å². The lowest BCUT2D eigenvalue weighted by Gasteiger charge is -2.16. The molecule has 0 saturated carbocycles. The molecule has 0 fully saturated rings. The second-order valence-electron chi connectivity index (χ2n) is 5.79. The maximum absolute atomic E-state index is 6.40. The monoisotopic (exact) mass is 372 g/mol. The van der Waals surface area contributed by atoms with Gasteiger partial charge in [-0.05, 0) is 50.6 Å². The maximum atomic E-state index is 6.40. The number of aryl methyl sites for hydroxylation is 2. The highest BCUT2D eigenvalue weighted by molar-refractivity contribution is 6.31. The largest absolute Gasteiger partial charge is 0.490 e. The van der Waals surface area contributed by atoms with E-state index < -0.39 is 0 Å². The van der Waals surface area contributed by atoms with Crippen LogP contribution in [0.15, 0.2) is 36.4 Å². The van der Waals surface area contributed by atoms with Crippen LogP contribution in [0.4, 0.5) is 5.95 Å². The first-order valence-corrected chi connectivity index (χ1v) is 8.76. The lowest BCUT2D eigenvalue weighted by molar-refractivity contribution is 0.320. The van der Waals surface area contributed by atoms with Crippen LogP contribution in [-0.2, 0) is 6.54 Å². The van der Waals surface area contributed by atoms with Crippen molar-refractivity contribution in [2.24, 2.45) is 0 Å². The second-order valence-corrected chi connectivity index (χ2v) is 6.19. The van der Waals surface area contributed by atoms with Crippen molar-refractivity contribution in [3.05, 3.63) is 58.4 Å². The van der Waals surface area contributed by atoms with Crippen molar-refractivity contribution in [2.45, 2.75) is 27.3 Å². The minimum atomic E-state index is 0.444. The van der Waals surface area contributed by atoms with Crippen LogP contribution >= 0.6 is 11.6 Å². The topological polar surface area (TPSA) is 72.1 Å². The molecule has 0 aliphatic carbocycles. The number of halogens is 1. The number of hydrogen-bond donors (Lipinski definition) is 2. The Morgan fingerprint density at radius 1 is 1.12 bits per heavy atom. The molecule has 7 heteroatoms. The average molecular weight is 373 g/mol. The minimum absolute atomic E-state index is 0.444. The van der Waals surface area contributed by atoms with Crippen molar-refractivity contribution >= 4 is 17.5 Å². The fourth-order valence-electron chi connectivity index (χ4n) is 2.49. The lowest BCUT2D eigenvalue weighted by Crippen LogP contribution is -2.04. The number of aromatic nitrogens is 3. The van der Waals surface area contributed by atoms with Crippen LogP contribution in [0.2, 0.25) is 5.02 Å². The number of ether oxygens (including phenoxy) is 2. The smallest absolute Gasteiger partial charge is 0.218 e. The second kappa shape index (κ2) is 8.10. The summed E-state index contributed by atoms with van der Waals surface area (Å²) in [4.78, 5) is 4.24. The highest BCUT2D eigenvalue weighted by Gasteiger charge is 2.13. The zero-order valence-electron chi connectivity index (χ0n) is 15.0. The van der Waals surface area contributed by atoms with Gasteiger partial charge in [-0.1, -0.05) is 23.7 Å². The summed E-state index contributed by atoms with van der Waals surface area (Å²) in [5, 5.41) is 10.6. The highest BCUT2D eigenvalue weighted by atomic mass is 35.5. The molecule has 0 radical (unpaired) electrons. The Morgan fingerprint density at radius 2 is 1.96 bits per heavy atom. The van der Waals surface area contributed by atoms with E-state index in [1.807, 2.05) is 57.2 Å². The van der Waals surface area contributed by atoms with Crippen molar-refractivity contribution in [1.29, 1.82) is 0 Å². The number of hydrogen-bond acceptors (Lipinski definition) is 5. The third-order valence-electron chi connectivity index (χ3n) is 3.72. The normalized spacial score (nSPS) is 10.6. The molecule has 0 unspecified atom stereocenters. The molecular formula is C19H21ClN4O2. The first kappa shape index (κ1) is 18.1. The number of rotatable bonds is 7. The summed E-state index contributed by atoms with van der Waals surface area (Å²) in [6.45, 7) is 6.78. The van der Waals surface area contributed by atoms with Gasteiger partial charge in [0.15, 0.2) is 11.5 Å². The van der Waals surface area contributed by atoms with Crippen LogP contribution in [0.25, 0.3) is 0 Å². The predicted molar refractivity (Wildman–Crippen MR) is 102 cm³/mol. The molecule has 3 rings (SSSR count). The fourth-order valence-corrected chi connectivity index (χ4v) is 2.72. The summed E-state index contributed by atoms with van der Waals surface area (Å²) in [6, 6.07) is 11.4. The Balaban J connectivity index is 1.85. The minimum Gasteiger partial charge on any atom is -0.490 e. The van der Waals surface area contributed by atoms with Crippen molar-refractivity contribution in [3.63, 3.8) is 0 Å². The predicted octanol–water partition coefficient (Wildman–Crippen LogP) is 4.88. The van der Waals surface area contributed by atoms with Crippen LogP contribution in [0.1, 0.15) is 23.9 Å². The van der Waals surface area contributed by atoms with E-state index in [4.69, 9.17) is 21.1 Å². The van der Waals surface area contributed by atoms with Crippen LogP contribution < -0.4 is 14.8 Å². The summed E-state index contributed by atoms with van der Waals surface area (Å²) in [6.07, 6.45) is 0. The highest BCUT2D eigenvalue weighted by Crippen LogP contribution is 2.36. The zero-order chi connectivity index (χ0) is 18.5. The van der Waals surface area contributed by atoms with Gasteiger partial charge < -0.3 is 14.8 Å². The number of aromatic amines is 1. The standard InChI is InChI=1S/C19H21ClN4O2/c1-4-25-18-10-12(2)8-9-17(18)26-16-7-5-6-15(20)14(16)11-21-19-22-13(3)23-24-19/h5-10H,4,11H2,1-3H3,(H2,21,22,23,24). The third kappa shape index (κ3) is 4.26. The molecule has 0 aliphatic rings. The quantitative estimate of drug-likeness (QED) is 0.618. The molecule has 2 aromatic carbocycles. The molecule has 1 heterocycles. The Morgan fingerprint density at radius 3 is 2.69 bits per heavy atom. The fraction of sp³-hybridized carbons (Fsp3) is 0.263.